The van der Waals surface area contributed by atoms with Crippen LogP contribution < -0.4 is 0 Å². The Morgan fingerprint density at radius 2 is 2.04 bits per heavy atom. The molecule has 1 amide bonds. The van der Waals surface area contributed by atoms with Gasteiger partial charge in [-0.05, 0) is 18.6 Å². The molecule has 3 heterocycles. The van der Waals surface area contributed by atoms with Crippen LogP contribution in [0.1, 0.15) is 16.8 Å². The zero-order chi connectivity index (χ0) is 16.8. The zero-order valence-electron chi connectivity index (χ0n) is 11.7. The SMILES string of the molecule is O=C(c1cnn2ccccc12)N1CC[C@](C(=O)O)(C(F)(F)F)C1. The number of carboxylic acid groups (broad SMARTS) is 1. The summed E-state index contributed by atoms with van der Waals surface area (Å²) < 4.78 is 40.9. The van der Waals surface area contributed by atoms with Crippen molar-refractivity contribution in [3.8, 4) is 0 Å². The van der Waals surface area contributed by atoms with Crippen LogP contribution in [0.3, 0.4) is 0 Å². The number of halogens is 3. The molecule has 6 nitrogen and oxygen atoms in total. The summed E-state index contributed by atoms with van der Waals surface area (Å²) in [7, 11) is 0. The summed E-state index contributed by atoms with van der Waals surface area (Å²) in [6, 6.07) is 4.99. The summed E-state index contributed by atoms with van der Waals surface area (Å²) in [5.74, 6) is -2.61. The molecule has 0 aliphatic carbocycles. The fourth-order valence-corrected chi connectivity index (χ4v) is 2.78. The lowest BCUT2D eigenvalue weighted by Gasteiger charge is -2.27. The largest absolute Gasteiger partial charge is 0.481 e. The van der Waals surface area contributed by atoms with E-state index in [0.29, 0.717) is 5.52 Å². The molecule has 1 N–H and O–H groups in total. The second-order valence-corrected chi connectivity index (χ2v) is 5.45. The van der Waals surface area contributed by atoms with Crippen LogP contribution in [0, 0.1) is 5.41 Å². The maximum Gasteiger partial charge on any atom is 0.406 e. The van der Waals surface area contributed by atoms with Crippen LogP contribution in [0.2, 0.25) is 0 Å². The lowest BCUT2D eigenvalue weighted by Crippen LogP contribution is -2.47. The molecule has 3 rings (SSSR count). The van der Waals surface area contributed by atoms with Crippen molar-refractivity contribution in [3.05, 3.63) is 36.2 Å². The van der Waals surface area contributed by atoms with E-state index in [0.717, 1.165) is 4.90 Å². The summed E-state index contributed by atoms with van der Waals surface area (Å²) in [6.07, 6.45) is -2.70. The van der Waals surface area contributed by atoms with Crippen molar-refractivity contribution in [2.24, 2.45) is 5.41 Å². The Morgan fingerprint density at radius 3 is 2.65 bits per heavy atom. The van der Waals surface area contributed by atoms with Gasteiger partial charge in [-0.25, -0.2) is 4.52 Å². The second-order valence-electron chi connectivity index (χ2n) is 5.45. The molecule has 0 aromatic carbocycles. The quantitative estimate of drug-likeness (QED) is 0.913. The smallest absolute Gasteiger partial charge is 0.406 e. The first-order valence-electron chi connectivity index (χ1n) is 6.78. The van der Waals surface area contributed by atoms with Crippen molar-refractivity contribution in [2.45, 2.75) is 12.6 Å². The maximum absolute atomic E-state index is 13.2. The molecule has 9 heteroatoms. The number of carbonyl (C=O) groups is 2. The molecular formula is C14H12F3N3O3. The zero-order valence-corrected chi connectivity index (χ0v) is 11.7. The van der Waals surface area contributed by atoms with Crippen molar-refractivity contribution >= 4 is 17.4 Å². The number of amides is 1. The van der Waals surface area contributed by atoms with E-state index < -0.39 is 36.4 Å². The molecule has 0 bridgehead atoms. The Bertz CT molecular complexity index is 786. The van der Waals surface area contributed by atoms with E-state index >= 15 is 0 Å². The van der Waals surface area contributed by atoms with Crippen LogP contribution in [0.5, 0.6) is 0 Å². The van der Waals surface area contributed by atoms with E-state index in [-0.39, 0.29) is 12.1 Å². The molecule has 122 valence electrons. The molecule has 2 aromatic heterocycles. The molecule has 1 saturated heterocycles. The highest BCUT2D eigenvalue weighted by Gasteiger charge is 2.64. The van der Waals surface area contributed by atoms with Gasteiger partial charge in [-0.1, -0.05) is 6.07 Å². The number of likely N-dealkylation sites (tertiary alicyclic amines) is 1. The monoisotopic (exact) mass is 327 g/mol. The molecule has 0 radical (unpaired) electrons. The van der Waals surface area contributed by atoms with E-state index in [4.69, 9.17) is 5.11 Å². The number of alkyl halides is 3. The highest BCUT2D eigenvalue weighted by molar-refractivity contribution is 6.01. The van der Waals surface area contributed by atoms with Gasteiger partial charge in [0.05, 0.1) is 17.3 Å². The maximum atomic E-state index is 13.2. The number of aliphatic carboxylic acids is 1. The van der Waals surface area contributed by atoms with Gasteiger partial charge < -0.3 is 10.0 Å². The summed E-state index contributed by atoms with van der Waals surface area (Å²) in [5.41, 5.74) is -2.31. The van der Waals surface area contributed by atoms with Gasteiger partial charge >= 0.3 is 12.1 Å². The third kappa shape index (κ3) is 2.23. The standard InChI is InChI=1S/C14H12F3N3O3/c15-14(16,17)13(12(22)23)4-6-19(8-13)11(21)9-7-18-20-5-2-1-3-10(9)20/h1-3,5,7H,4,6,8H2,(H,22,23)/t13-/m0/s1. The number of hydrogen-bond donors (Lipinski definition) is 1. The predicted octanol–water partition coefficient (Wildman–Crippen LogP) is 1.81. The fourth-order valence-electron chi connectivity index (χ4n) is 2.78. The third-order valence-electron chi connectivity index (χ3n) is 4.17. The predicted molar refractivity (Wildman–Crippen MR) is 71.8 cm³/mol. The van der Waals surface area contributed by atoms with E-state index in [1.165, 1.54) is 10.7 Å². The number of nitrogens with zero attached hydrogens (tertiary/aromatic N) is 3. The normalized spacial score (nSPS) is 21.8. The molecule has 23 heavy (non-hydrogen) atoms. The first-order chi connectivity index (χ1) is 10.8. The van der Waals surface area contributed by atoms with Crippen LogP contribution in [0.25, 0.3) is 5.52 Å². The minimum atomic E-state index is -4.92. The average Bonchev–Trinajstić information content (AvgIpc) is 3.11. The van der Waals surface area contributed by atoms with Crippen molar-refractivity contribution in [1.29, 1.82) is 0 Å². The average molecular weight is 327 g/mol. The molecule has 0 saturated carbocycles. The van der Waals surface area contributed by atoms with E-state index in [9.17, 15) is 22.8 Å². The van der Waals surface area contributed by atoms with Crippen LogP contribution in [0.15, 0.2) is 30.6 Å². The number of pyridine rings is 1. The number of aromatic nitrogens is 2. The minimum Gasteiger partial charge on any atom is -0.481 e. The summed E-state index contributed by atoms with van der Waals surface area (Å²) in [5, 5.41) is 13.0. The summed E-state index contributed by atoms with van der Waals surface area (Å²) in [6.45, 7) is -1.16. The van der Waals surface area contributed by atoms with Crippen LogP contribution in [-0.2, 0) is 4.79 Å². The Morgan fingerprint density at radius 1 is 1.30 bits per heavy atom. The lowest BCUT2D eigenvalue weighted by atomic mass is 9.86. The Kier molecular flexibility index (Phi) is 3.31. The van der Waals surface area contributed by atoms with Crippen LogP contribution >= 0.6 is 0 Å². The number of hydrogen-bond acceptors (Lipinski definition) is 3. The van der Waals surface area contributed by atoms with Crippen molar-refractivity contribution in [3.63, 3.8) is 0 Å². The number of rotatable bonds is 2. The summed E-state index contributed by atoms with van der Waals surface area (Å²) >= 11 is 0. The van der Waals surface area contributed by atoms with Crippen molar-refractivity contribution < 1.29 is 27.9 Å². The first kappa shape index (κ1) is 15.3. The Labute approximate surface area is 128 Å². The van der Waals surface area contributed by atoms with E-state index in [1.807, 2.05) is 0 Å². The van der Waals surface area contributed by atoms with Crippen LogP contribution in [0.4, 0.5) is 13.2 Å². The second kappa shape index (κ2) is 4.97. The van der Waals surface area contributed by atoms with Crippen molar-refractivity contribution in [2.75, 3.05) is 13.1 Å². The highest BCUT2D eigenvalue weighted by atomic mass is 19.4. The number of fused-ring (bicyclic) bond motifs is 1. The number of carbonyl (C=O) groups excluding carboxylic acids is 1. The van der Waals surface area contributed by atoms with Gasteiger partial charge in [0.15, 0.2) is 5.41 Å². The van der Waals surface area contributed by atoms with Gasteiger partial charge in [0, 0.05) is 19.3 Å². The van der Waals surface area contributed by atoms with Crippen molar-refractivity contribution in [1.82, 2.24) is 14.5 Å². The van der Waals surface area contributed by atoms with Gasteiger partial charge in [0.1, 0.15) is 0 Å². The van der Waals surface area contributed by atoms with Gasteiger partial charge in [0.25, 0.3) is 5.91 Å². The van der Waals surface area contributed by atoms with E-state index in [2.05, 4.69) is 5.10 Å². The fraction of sp³-hybridized carbons (Fsp3) is 0.357. The third-order valence-corrected chi connectivity index (χ3v) is 4.17. The number of carboxylic acids is 1. The van der Waals surface area contributed by atoms with Gasteiger partial charge in [-0.2, -0.15) is 18.3 Å². The molecule has 1 aliphatic heterocycles. The Balaban J connectivity index is 1.92. The molecular weight excluding hydrogens is 315 g/mol. The molecule has 1 fully saturated rings. The minimum absolute atomic E-state index is 0.147. The van der Waals surface area contributed by atoms with Gasteiger partial charge in [0.2, 0.25) is 0 Å². The van der Waals surface area contributed by atoms with Crippen LogP contribution in [-0.4, -0.2) is 50.8 Å². The van der Waals surface area contributed by atoms with E-state index in [1.54, 1.807) is 24.4 Å². The highest BCUT2D eigenvalue weighted by Crippen LogP contribution is 2.46. The molecule has 1 atom stereocenters. The lowest BCUT2D eigenvalue weighted by molar-refractivity contribution is -0.227. The molecule has 1 aliphatic rings. The Hall–Kier alpha value is -2.58. The summed E-state index contributed by atoms with van der Waals surface area (Å²) in [4.78, 5) is 24.6. The molecule has 0 spiro atoms. The molecule has 0 unspecified atom stereocenters. The van der Waals surface area contributed by atoms with Gasteiger partial charge in [-0.3, -0.25) is 9.59 Å². The first-order valence-corrected chi connectivity index (χ1v) is 6.78. The topological polar surface area (TPSA) is 74.9 Å². The van der Waals surface area contributed by atoms with Gasteiger partial charge in [-0.15, -0.1) is 0 Å². The molecule has 2 aromatic rings.